The molecule has 0 amide bonds. The molecule has 0 saturated carbocycles. The van der Waals surface area contributed by atoms with Crippen molar-refractivity contribution in [2.45, 2.75) is 26.6 Å². The maximum absolute atomic E-state index is 5.43. The first-order chi connectivity index (χ1) is 7.72. The van der Waals surface area contributed by atoms with Crippen molar-refractivity contribution < 1.29 is 9.47 Å². The third-order valence-corrected chi connectivity index (χ3v) is 1.92. The van der Waals surface area contributed by atoms with E-state index in [9.17, 15) is 0 Å². The number of pyridine rings is 1. The van der Waals surface area contributed by atoms with Crippen LogP contribution in [0.25, 0.3) is 0 Å². The van der Waals surface area contributed by atoms with E-state index in [0.29, 0.717) is 25.6 Å². The second-order valence-electron chi connectivity index (χ2n) is 3.67. The Bertz CT molecular complexity index is 288. The topological polar surface area (TPSA) is 69.4 Å². The van der Waals surface area contributed by atoms with Gasteiger partial charge in [-0.3, -0.25) is 0 Å². The molecule has 0 saturated heterocycles. The lowest BCUT2D eigenvalue weighted by atomic mass is 10.3. The van der Waals surface area contributed by atoms with E-state index in [2.05, 4.69) is 10.4 Å². The number of nitrogen functional groups attached to an aromatic ring is 1. The zero-order chi connectivity index (χ0) is 11.8. The van der Waals surface area contributed by atoms with E-state index in [1.165, 1.54) is 0 Å². The number of rotatable bonds is 7. The molecule has 16 heavy (non-hydrogen) atoms. The van der Waals surface area contributed by atoms with E-state index in [1.807, 2.05) is 26.0 Å². The average Bonchev–Trinajstić information content (AvgIpc) is 2.29. The van der Waals surface area contributed by atoms with Crippen LogP contribution >= 0.6 is 0 Å². The second kappa shape index (κ2) is 7.16. The predicted molar refractivity (Wildman–Crippen MR) is 62.8 cm³/mol. The van der Waals surface area contributed by atoms with Crippen molar-refractivity contribution in [3.8, 4) is 0 Å². The summed E-state index contributed by atoms with van der Waals surface area (Å²) in [6.07, 6.45) is 1.98. The Labute approximate surface area is 95.9 Å². The number of ether oxygens (including phenoxy) is 2. The highest BCUT2D eigenvalue weighted by Gasteiger charge is 1.96. The third-order valence-electron chi connectivity index (χ3n) is 1.92. The fourth-order valence-electron chi connectivity index (χ4n) is 1.13. The highest BCUT2D eigenvalue weighted by Crippen LogP contribution is 2.04. The molecule has 0 spiro atoms. The quantitative estimate of drug-likeness (QED) is 0.416. The number of hydrogen-bond donors (Lipinski definition) is 2. The summed E-state index contributed by atoms with van der Waals surface area (Å²) >= 11 is 0. The molecule has 1 heterocycles. The van der Waals surface area contributed by atoms with E-state index in [1.54, 1.807) is 6.20 Å². The van der Waals surface area contributed by atoms with Gasteiger partial charge in [-0.25, -0.2) is 10.8 Å². The lowest BCUT2D eigenvalue weighted by molar-refractivity contribution is 0.0142. The van der Waals surface area contributed by atoms with E-state index >= 15 is 0 Å². The second-order valence-corrected chi connectivity index (χ2v) is 3.67. The Kier molecular flexibility index (Phi) is 5.77. The summed E-state index contributed by atoms with van der Waals surface area (Å²) < 4.78 is 10.8. The number of aromatic nitrogens is 1. The zero-order valence-electron chi connectivity index (χ0n) is 9.77. The Morgan fingerprint density at radius 2 is 2.19 bits per heavy atom. The highest BCUT2D eigenvalue weighted by molar-refractivity contribution is 5.33. The molecule has 0 aromatic carbocycles. The minimum atomic E-state index is 0.250. The van der Waals surface area contributed by atoms with Crippen molar-refractivity contribution in [2.75, 3.05) is 18.6 Å². The van der Waals surface area contributed by atoms with Crippen molar-refractivity contribution in [1.82, 2.24) is 4.98 Å². The van der Waals surface area contributed by atoms with Crippen LogP contribution in [0.2, 0.25) is 0 Å². The van der Waals surface area contributed by atoms with Crippen LogP contribution in [0.3, 0.4) is 0 Å². The number of hydrazine groups is 1. The summed E-state index contributed by atoms with van der Waals surface area (Å²) in [5.74, 6) is 5.85. The molecular formula is C11H19N3O2. The number of anilines is 1. The first-order valence-corrected chi connectivity index (χ1v) is 5.33. The Morgan fingerprint density at radius 1 is 1.38 bits per heavy atom. The van der Waals surface area contributed by atoms with Crippen molar-refractivity contribution >= 4 is 5.82 Å². The maximum Gasteiger partial charge on any atom is 0.139 e. The van der Waals surface area contributed by atoms with Gasteiger partial charge in [-0.2, -0.15) is 0 Å². The van der Waals surface area contributed by atoms with Crippen LogP contribution < -0.4 is 11.3 Å². The molecule has 1 rings (SSSR count). The number of nitrogens with two attached hydrogens (primary N) is 1. The minimum absolute atomic E-state index is 0.250. The van der Waals surface area contributed by atoms with Crippen molar-refractivity contribution in [3.63, 3.8) is 0 Å². The molecular weight excluding hydrogens is 206 g/mol. The lowest BCUT2D eigenvalue weighted by Crippen LogP contribution is -2.10. The van der Waals surface area contributed by atoms with Gasteiger partial charge >= 0.3 is 0 Å². The summed E-state index contributed by atoms with van der Waals surface area (Å²) in [4.78, 5) is 4.08. The number of hydrogen-bond acceptors (Lipinski definition) is 5. The van der Waals surface area contributed by atoms with Gasteiger partial charge in [-0.1, -0.05) is 6.07 Å². The van der Waals surface area contributed by atoms with Crippen molar-refractivity contribution in [3.05, 3.63) is 23.9 Å². The van der Waals surface area contributed by atoms with E-state index in [4.69, 9.17) is 15.3 Å². The van der Waals surface area contributed by atoms with Gasteiger partial charge in [0.2, 0.25) is 0 Å². The molecule has 1 aromatic rings. The lowest BCUT2D eigenvalue weighted by Gasteiger charge is -2.08. The molecule has 3 N–H and O–H groups in total. The fourth-order valence-corrected chi connectivity index (χ4v) is 1.13. The van der Waals surface area contributed by atoms with Crippen LogP contribution in [0.5, 0.6) is 0 Å². The Hall–Kier alpha value is -1.17. The number of nitrogens with one attached hydrogen (secondary N) is 1. The minimum Gasteiger partial charge on any atom is -0.376 e. The zero-order valence-corrected chi connectivity index (χ0v) is 9.77. The molecule has 90 valence electrons. The fraction of sp³-hybridized carbons (Fsp3) is 0.545. The first kappa shape index (κ1) is 12.9. The van der Waals surface area contributed by atoms with Gasteiger partial charge in [0.05, 0.1) is 25.9 Å². The van der Waals surface area contributed by atoms with Crippen LogP contribution in [0.15, 0.2) is 18.3 Å². The molecule has 0 fully saturated rings. The summed E-state index contributed by atoms with van der Waals surface area (Å²) in [7, 11) is 0. The van der Waals surface area contributed by atoms with Gasteiger partial charge in [0.1, 0.15) is 5.82 Å². The summed E-state index contributed by atoms with van der Waals surface area (Å²) in [6, 6.07) is 3.73. The van der Waals surface area contributed by atoms with Crippen LogP contribution in [0, 0.1) is 0 Å². The van der Waals surface area contributed by atoms with Gasteiger partial charge in [-0.05, 0) is 25.5 Å². The van der Waals surface area contributed by atoms with Crippen LogP contribution in [-0.2, 0) is 16.1 Å². The van der Waals surface area contributed by atoms with Gasteiger partial charge < -0.3 is 14.9 Å². The standard InChI is InChI=1S/C11H19N3O2/c1-9(2)16-6-5-15-8-10-3-4-11(14-12)13-7-10/h3-4,7,9H,5-6,8,12H2,1-2H3,(H,13,14). The molecule has 0 aliphatic heterocycles. The molecule has 5 nitrogen and oxygen atoms in total. The summed E-state index contributed by atoms with van der Waals surface area (Å²) in [5.41, 5.74) is 3.49. The number of nitrogens with zero attached hydrogens (tertiary/aromatic N) is 1. The van der Waals surface area contributed by atoms with Crippen LogP contribution in [0.4, 0.5) is 5.82 Å². The van der Waals surface area contributed by atoms with Crippen LogP contribution in [-0.4, -0.2) is 24.3 Å². The first-order valence-electron chi connectivity index (χ1n) is 5.33. The average molecular weight is 225 g/mol. The van der Waals surface area contributed by atoms with Crippen molar-refractivity contribution in [2.24, 2.45) is 5.84 Å². The summed E-state index contributed by atoms with van der Waals surface area (Å²) in [6.45, 7) is 5.76. The maximum atomic E-state index is 5.43. The van der Waals surface area contributed by atoms with Crippen molar-refractivity contribution in [1.29, 1.82) is 0 Å². The predicted octanol–water partition coefficient (Wildman–Crippen LogP) is 1.31. The molecule has 1 aromatic heterocycles. The Balaban J connectivity index is 2.16. The highest BCUT2D eigenvalue weighted by atomic mass is 16.5. The van der Waals surface area contributed by atoms with Gasteiger partial charge in [-0.15, -0.1) is 0 Å². The largest absolute Gasteiger partial charge is 0.376 e. The summed E-state index contributed by atoms with van der Waals surface area (Å²) in [5, 5.41) is 0. The van der Waals surface area contributed by atoms with E-state index in [0.717, 1.165) is 5.56 Å². The van der Waals surface area contributed by atoms with Gasteiger partial charge in [0.15, 0.2) is 0 Å². The molecule has 0 bridgehead atoms. The normalized spacial score (nSPS) is 10.8. The van der Waals surface area contributed by atoms with Gasteiger partial charge in [0, 0.05) is 6.20 Å². The smallest absolute Gasteiger partial charge is 0.139 e. The molecule has 0 atom stereocenters. The Morgan fingerprint density at radius 3 is 2.75 bits per heavy atom. The van der Waals surface area contributed by atoms with Gasteiger partial charge in [0.25, 0.3) is 0 Å². The van der Waals surface area contributed by atoms with E-state index in [-0.39, 0.29) is 6.10 Å². The molecule has 0 aliphatic rings. The SMILES string of the molecule is CC(C)OCCOCc1ccc(NN)nc1. The molecule has 0 radical (unpaired) electrons. The third kappa shape index (κ3) is 5.06. The monoisotopic (exact) mass is 225 g/mol. The molecule has 0 aliphatic carbocycles. The molecule has 0 unspecified atom stereocenters. The van der Waals surface area contributed by atoms with Crippen LogP contribution in [0.1, 0.15) is 19.4 Å². The molecule has 5 heteroatoms. The van der Waals surface area contributed by atoms with E-state index < -0.39 is 0 Å².